The van der Waals surface area contributed by atoms with Crippen molar-refractivity contribution in [1.29, 1.82) is 0 Å². The summed E-state index contributed by atoms with van der Waals surface area (Å²) in [5.74, 6) is -0.963. The van der Waals surface area contributed by atoms with Gasteiger partial charge in [-0.15, -0.1) is 0 Å². The summed E-state index contributed by atoms with van der Waals surface area (Å²) in [5, 5.41) is 0. The first-order valence-corrected chi connectivity index (χ1v) is 28.0. The normalized spacial score (nSPS) is 13.0. The summed E-state index contributed by atoms with van der Waals surface area (Å²) in [6.07, 6.45) is 77.5. The Bertz CT molecular complexity index is 1470. The number of carbonyl (C=O) groups is 3. The van der Waals surface area contributed by atoms with E-state index in [1.165, 1.54) is 51.4 Å². The Hall–Kier alpha value is -4.19. The standard InChI is InChI=1S/C63H102O6/c1-4-7-10-13-16-19-22-25-28-30-31-33-35-38-41-44-47-50-53-56-62(65)68-59-60(58-67-61(64)55-52-49-46-43-40-37-34-27-24-21-18-15-12-9-6-3)69-63(66)57-54-51-48-45-42-39-36-32-29-26-23-20-17-14-11-8-5-2/h7,9-10,12,16-21,25-29,31,33-34,38,41,60H,4-6,8,11,13-15,22-24,30,32,35-37,39-40,42-59H2,1-3H3/b10-7+,12-9+,19-16+,20-17+,21-18+,28-25+,29-26+,33-31+,34-27+,41-38+/t60-/m1/s1. The molecule has 0 radical (unpaired) electrons. The zero-order valence-corrected chi connectivity index (χ0v) is 44.5. The third-order valence-corrected chi connectivity index (χ3v) is 11.4. The van der Waals surface area contributed by atoms with Crippen molar-refractivity contribution in [1.82, 2.24) is 0 Å². The number of hydrogen-bond donors (Lipinski definition) is 0. The number of unbranched alkanes of at least 4 members (excludes halogenated alkanes) is 18. The second-order valence-electron chi connectivity index (χ2n) is 18.1. The van der Waals surface area contributed by atoms with Crippen LogP contribution in [0.1, 0.15) is 239 Å². The Morgan fingerprint density at radius 3 is 0.899 bits per heavy atom. The van der Waals surface area contributed by atoms with Crippen molar-refractivity contribution in [2.75, 3.05) is 13.2 Å². The first kappa shape index (κ1) is 64.8. The van der Waals surface area contributed by atoms with Crippen molar-refractivity contribution < 1.29 is 28.6 Å². The zero-order valence-electron chi connectivity index (χ0n) is 44.5. The molecule has 0 aromatic rings. The molecule has 0 aromatic carbocycles. The molecule has 390 valence electrons. The van der Waals surface area contributed by atoms with Crippen LogP contribution < -0.4 is 0 Å². The molecule has 0 spiro atoms. The Balaban J connectivity index is 4.51. The van der Waals surface area contributed by atoms with Crippen molar-refractivity contribution in [2.45, 2.75) is 245 Å². The van der Waals surface area contributed by atoms with E-state index in [0.717, 1.165) is 148 Å². The Kier molecular flexibility index (Phi) is 53.0. The van der Waals surface area contributed by atoms with Gasteiger partial charge in [0.05, 0.1) is 0 Å². The van der Waals surface area contributed by atoms with Gasteiger partial charge in [-0.1, -0.05) is 213 Å². The highest BCUT2D eigenvalue weighted by Crippen LogP contribution is 2.13. The van der Waals surface area contributed by atoms with Crippen molar-refractivity contribution in [3.05, 3.63) is 122 Å². The zero-order chi connectivity index (χ0) is 50.0. The highest BCUT2D eigenvalue weighted by molar-refractivity contribution is 5.71. The Morgan fingerprint density at radius 2 is 0.565 bits per heavy atom. The van der Waals surface area contributed by atoms with E-state index in [9.17, 15) is 14.4 Å². The molecule has 1 atom stereocenters. The lowest BCUT2D eigenvalue weighted by Gasteiger charge is -2.18. The number of hydrogen-bond acceptors (Lipinski definition) is 6. The highest BCUT2D eigenvalue weighted by Gasteiger charge is 2.19. The van der Waals surface area contributed by atoms with E-state index in [1.54, 1.807) is 0 Å². The molecule has 0 unspecified atom stereocenters. The molecule has 0 aromatic heterocycles. The van der Waals surface area contributed by atoms with Gasteiger partial charge < -0.3 is 14.2 Å². The molecule has 0 fully saturated rings. The first-order valence-electron chi connectivity index (χ1n) is 28.0. The molecule has 0 N–H and O–H groups in total. The van der Waals surface area contributed by atoms with Crippen LogP contribution in [0.3, 0.4) is 0 Å². The Labute approximate surface area is 424 Å². The molecule has 69 heavy (non-hydrogen) atoms. The molecule has 0 saturated heterocycles. The Morgan fingerprint density at radius 1 is 0.304 bits per heavy atom. The fraction of sp³-hybridized carbons (Fsp3) is 0.635. The molecule has 0 aliphatic carbocycles. The summed E-state index contributed by atoms with van der Waals surface area (Å²) in [6, 6.07) is 0. The SMILES string of the molecule is CC/C=C/C/C=C/C/C=C/C/C=C/C/C=C/CCCCCC(=O)OC[C@@H](COC(=O)CCCCCCC/C=C/C/C=C/C/C=C/CC)OC(=O)CCCCCCCCC/C=C/C/C=C/CCCCC. The molecule has 0 amide bonds. The largest absolute Gasteiger partial charge is 0.462 e. The fourth-order valence-corrected chi connectivity index (χ4v) is 7.28. The van der Waals surface area contributed by atoms with Crippen LogP contribution in [-0.4, -0.2) is 37.2 Å². The molecular weight excluding hydrogens is 853 g/mol. The summed E-state index contributed by atoms with van der Waals surface area (Å²) in [7, 11) is 0. The van der Waals surface area contributed by atoms with Crippen LogP contribution in [0.4, 0.5) is 0 Å². The third kappa shape index (κ3) is 54.6. The van der Waals surface area contributed by atoms with Crippen LogP contribution in [0.5, 0.6) is 0 Å². The van der Waals surface area contributed by atoms with Gasteiger partial charge in [0.25, 0.3) is 0 Å². The van der Waals surface area contributed by atoms with Gasteiger partial charge in [0.15, 0.2) is 6.10 Å². The van der Waals surface area contributed by atoms with Gasteiger partial charge in [-0.05, 0) is 128 Å². The molecule has 0 saturated carbocycles. The highest BCUT2D eigenvalue weighted by atomic mass is 16.6. The van der Waals surface area contributed by atoms with Gasteiger partial charge in [0.2, 0.25) is 0 Å². The summed E-state index contributed by atoms with van der Waals surface area (Å²) in [4.78, 5) is 38.1. The molecule has 0 aliphatic rings. The van der Waals surface area contributed by atoms with Crippen LogP contribution in [0.25, 0.3) is 0 Å². The molecule has 6 heteroatoms. The predicted octanol–water partition coefficient (Wildman–Crippen LogP) is 18.9. The van der Waals surface area contributed by atoms with Crippen molar-refractivity contribution in [2.24, 2.45) is 0 Å². The molecular formula is C63H102O6. The van der Waals surface area contributed by atoms with Gasteiger partial charge in [0, 0.05) is 19.3 Å². The monoisotopic (exact) mass is 955 g/mol. The van der Waals surface area contributed by atoms with Crippen LogP contribution in [0.15, 0.2) is 122 Å². The lowest BCUT2D eigenvalue weighted by molar-refractivity contribution is -0.167. The smallest absolute Gasteiger partial charge is 0.306 e. The predicted molar refractivity (Wildman–Crippen MR) is 297 cm³/mol. The number of allylic oxidation sites excluding steroid dienone is 20. The molecule has 0 aliphatic heterocycles. The van der Waals surface area contributed by atoms with E-state index in [1.807, 2.05) is 0 Å². The van der Waals surface area contributed by atoms with Gasteiger partial charge in [0.1, 0.15) is 13.2 Å². The van der Waals surface area contributed by atoms with Gasteiger partial charge in [-0.2, -0.15) is 0 Å². The van der Waals surface area contributed by atoms with E-state index >= 15 is 0 Å². The molecule has 0 heterocycles. The lowest BCUT2D eigenvalue weighted by Crippen LogP contribution is -2.30. The quantitative estimate of drug-likeness (QED) is 0.0262. The van der Waals surface area contributed by atoms with Gasteiger partial charge >= 0.3 is 17.9 Å². The summed E-state index contributed by atoms with van der Waals surface area (Å²) >= 11 is 0. The maximum Gasteiger partial charge on any atom is 0.306 e. The second kappa shape index (κ2) is 56.4. The maximum absolute atomic E-state index is 12.9. The number of ether oxygens (including phenoxy) is 3. The number of esters is 3. The van der Waals surface area contributed by atoms with Crippen LogP contribution in [-0.2, 0) is 28.6 Å². The molecule has 0 rings (SSSR count). The minimum Gasteiger partial charge on any atom is -0.462 e. The first-order chi connectivity index (χ1) is 34.0. The minimum atomic E-state index is -0.807. The average Bonchev–Trinajstić information content (AvgIpc) is 3.35. The van der Waals surface area contributed by atoms with E-state index in [4.69, 9.17) is 14.2 Å². The number of rotatable bonds is 49. The van der Waals surface area contributed by atoms with Gasteiger partial charge in [-0.25, -0.2) is 0 Å². The van der Waals surface area contributed by atoms with Crippen molar-refractivity contribution in [3.8, 4) is 0 Å². The summed E-state index contributed by atoms with van der Waals surface area (Å²) in [5.41, 5.74) is 0. The van der Waals surface area contributed by atoms with Crippen molar-refractivity contribution in [3.63, 3.8) is 0 Å². The third-order valence-electron chi connectivity index (χ3n) is 11.4. The minimum absolute atomic E-state index is 0.104. The van der Waals surface area contributed by atoms with E-state index in [-0.39, 0.29) is 31.1 Å². The summed E-state index contributed by atoms with van der Waals surface area (Å²) < 4.78 is 16.8. The number of carbonyl (C=O) groups excluding carboxylic acids is 3. The maximum atomic E-state index is 12.9. The van der Waals surface area contributed by atoms with Crippen molar-refractivity contribution >= 4 is 17.9 Å². The second-order valence-corrected chi connectivity index (χ2v) is 18.1. The average molecular weight is 956 g/mol. The van der Waals surface area contributed by atoms with Crippen LogP contribution in [0, 0.1) is 0 Å². The molecule has 6 nitrogen and oxygen atoms in total. The molecule has 0 bridgehead atoms. The lowest BCUT2D eigenvalue weighted by atomic mass is 10.1. The van der Waals surface area contributed by atoms with E-state index < -0.39 is 6.10 Å². The van der Waals surface area contributed by atoms with Gasteiger partial charge in [-0.3, -0.25) is 14.4 Å². The van der Waals surface area contributed by atoms with Crippen LogP contribution >= 0.6 is 0 Å². The fourth-order valence-electron chi connectivity index (χ4n) is 7.28. The summed E-state index contributed by atoms with van der Waals surface area (Å²) in [6.45, 7) is 6.33. The van der Waals surface area contributed by atoms with E-state index in [2.05, 4.69) is 142 Å². The van der Waals surface area contributed by atoms with E-state index in [0.29, 0.717) is 19.3 Å². The topological polar surface area (TPSA) is 78.9 Å². The van der Waals surface area contributed by atoms with Crippen LogP contribution in [0.2, 0.25) is 0 Å².